The van der Waals surface area contributed by atoms with Gasteiger partial charge in [-0.1, -0.05) is 24.3 Å². The Labute approximate surface area is 168 Å². The molecule has 2 aromatic rings. The minimum atomic E-state index is -1.07. The second-order valence-corrected chi connectivity index (χ2v) is 6.88. The number of halogens is 1. The van der Waals surface area contributed by atoms with E-state index in [0.717, 1.165) is 12.0 Å². The molecule has 1 saturated heterocycles. The summed E-state index contributed by atoms with van der Waals surface area (Å²) in [7, 11) is 3.08. The predicted octanol–water partition coefficient (Wildman–Crippen LogP) is 2.81. The summed E-state index contributed by atoms with van der Waals surface area (Å²) in [6, 6.07) is 12.4. The lowest BCUT2D eigenvalue weighted by atomic mass is 9.99. The molecule has 29 heavy (non-hydrogen) atoms. The van der Waals surface area contributed by atoms with Crippen LogP contribution < -0.4 is 15.0 Å². The van der Waals surface area contributed by atoms with Crippen molar-refractivity contribution in [2.24, 2.45) is 0 Å². The van der Waals surface area contributed by atoms with Crippen LogP contribution in [0.15, 0.2) is 42.5 Å². The standard InChI is InChI=1S/C21H24FN3O4/c1-23-21(10-13-26)14-24(11-12-25(21)20(27)28)16-8-6-15(7-9-16)17-4-3-5-18(29-2)19(17)22/h3-9,13,23H,10-12,14H2,1-2H3,(H,27,28). The van der Waals surface area contributed by atoms with Crippen LogP contribution in [-0.4, -0.2) is 61.8 Å². The largest absolute Gasteiger partial charge is 0.494 e. The highest BCUT2D eigenvalue weighted by molar-refractivity contribution is 5.70. The van der Waals surface area contributed by atoms with Crippen LogP contribution in [0.1, 0.15) is 6.42 Å². The third-order valence-corrected chi connectivity index (χ3v) is 5.41. The van der Waals surface area contributed by atoms with Gasteiger partial charge in [0.2, 0.25) is 0 Å². The number of nitrogens with zero attached hydrogens (tertiary/aromatic N) is 2. The van der Waals surface area contributed by atoms with Crippen LogP contribution in [0.4, 0.5) is 14.9 Å². The molecule has 0 spiro atoms. The number of carbonyl (C=O) groups is 2. The number of likely N-dealkylation sites (N-methyl/N-ethyl adjacent to an activating group) is 1. The van der Waals surface area contributed by atoms with Gasteiger partial charge in [-0.05, 0) is 30.8 Å². The normalized spacial score (nSPS) is 19.1. The monoisotopic (exact) mass is 401 g/mol. The Kier molecular flexibility index (Phi) is 6.03. The number of carbonyl (C=O) groups excluding carboxylic acids is 1. The fraction of sp³-hybridized carbons (Fsp3) is 0.333. The third-order valence-electron chi connectivity index (χ3n) is 5.41. The molecule has 1 amide bonds. The van der Waals surface area contributed by atoms with E-state index in [0.29, 0.717) is 24.2 Å². The molecule has 0 aromatic heterocycles. The number of aldehydes is 1. The number of piperazine rings is 1. The first-order valence-corrected chi connectivity index (χ1v) is 9.27. The number of ether oxygens (including phenoxy) is 1. The summed E-state index contributed by atoms with van der Waals surface area (Å²) >= 11 is 0. The molecule has 2 N–H and O–H groups in total. The SMILES string of the molecule is CNC1(CC=O)CN(c2ccc(-c3cccc(OC)c3F)cc2)CCN1C(=O)O. The van der Waals surface area contributed by atoms with Crippen molar-refractivity contribution in [3.05, 3.63) is 48.3 Å². The van der Waals surface area contributed by atoms with E-state index >= 15 is 0 Å². The maximum atomic E-state index is 14.5. The Morgan fingerprint density at radius 3 is 2.59 bits per heavy atom. The summed E-state index contributed by atoms with van der Waals surface area (Å²) in [4.78, 5) is 26.1. The maximum Gasteiger partial charge on any atom is 0.408 e. The van der Waals surface area contributed by atoms with Crippen molar-refractivity contribution in [3.8, 4) is 16.9 Å². The van der Waals surface area contributed by atoms with E-state index in [4.69, 9.17) is 4.74 Å². The first-order chi connectivity index (χ1) is 14.0. The summed E-state index contributed by atoms with van der Waals surface area (Å²) < 4.78 is 19.6. The lowest BCUT2D eigenvalue weighted by molar-refractivity contribution is -0.110. The van der Waals surface area contributed by atoms with Gasteiger partial charge < -0.3 is 19.5 Å². The van der Waals surface area contributed by atoms with Gasteiger partial charge in [0.1, 0.15) is 11.9 Å². The zero-order valence-corrected chi connectivity index (χ0v) is 16.4. The van der Waals surface area contributed by atoms with Gasteiger partial charge in [-0.15, -0.1) is 0 Å². The molecular weight excluding hydrogens is 377 g/mol. The van der Waals surface area contributed by atoms with E-state index in [1.165, 1.54) is 12.0 Å². The van der Waals surface area contributed by atoms with Gasteiger partial charge in [-0.2, -0.15) is 0 Å². The number of amides is 1. The minimum Gasteiger partial charge on any atom is -0.494 e. The molecule has 8 heteroatoms. The molecule has 0 saturated carbocycles. The molecule has 3 rings (SSSR count). The molecule has 0 radical (unpaired) electrons. The number of rotatable bonds is 6. The number of benzene rings is 2. The quantitative estimate of drug-likeness (QED) is 0.725. The van der Waals surface area contributed by atoms with Gasteiger partial charge in [-0.3, -0.25) is 10.2 Å². The van der Waals surface area contributed by atoms with Crippen LogP contribution >= 0.6 is 0 Å². The molecule has 1 atom stereocenters. The van der Waals surface area contributed by atoms with Crippen LogP contribution in [0, 0.1) is 5.82 Å². The number of nitrogens with one attached hydrogen (secondary N) is 1. The molecule has 1 heterocycles. The summed E-state index contributed by atoms with van der Waals surface area (Å²) in [6.45, 7) is 1.07. The highest BCUT2D eigenvalue weighted by atomic mass is 19.1. The molecule has 7 nitrogen and oxygen atoms in total. The lowest BCUT2D eigenvalue weighted by Crippen LogP contribution is -2.69. The molecule has 0 aliphatic carbocycles. The highest BCUT2D eigenvalue weighted by Gasteiger charge is 2.43. The number of hydrogen-bond acceptors (Lipinski definition) is 5. The summed E-state index contributed by atoms with van der Waals surface area (Å²) in [5, 5.41) is 12.5. The Morgan fingerprint density at radius 2 is 2.00 bits per heavy atom. The van der Waals surface area contributed by atoms with Crippen molar-refractivity contribution in [1.82, 2.24) is 10.2 Å². The van der Waals surface area contributed by atoms with E-state index < -0.39 is 17.6 Å². The number of methoxy groups -OCH3 is 1. The van der Waals surface area contributed by atoms with Gasteiger partial charge in [0, 0.05) is 30.8 Å². The van der Waals surface area contributed by atoms with E-state index in [1.807, 2.05) is 29.2 Å². The van der Waals surface area contributed by atoms with Crippen molar-refractivity contribution in [3.63, 3.8) is 0 Å². The minimum absolute atomic E-state index is 0.0411. The average molecular weight is 401 g/mol. The molecule has 2 aromatic carbocycles. The molecule has 1 aliphatic heterocycles. The lowest BCUT2D eigenvalue weighted by Gasteiger charge is -2.49. The van der Waals surface area contributed by atoms with Gasteiger partial charge in [0.05, 0.1) is 13.7 Å². The summed E-state index contributed by atoms with van der Waals surface area (Å²) in [6.07, 6.45) is -0.297. The predicted molar refractivity (Wildman–Crippen MR) is 108 cm³/mol. The van der Waals surface area contributed by atoms with Crippen LogP contribution in [-0.2, 0) is 4.79 Å². The van der Waals surface area contributed by atoms with Crippen LogP contribution in [0.2, 0.25) is 0 Å². The molecule has 154 valence electrons. The van der Waals surface area contributed by atoms with E-state index in [2.05, 4.69) is 5.32 Å². The second kappa shape index (κ2) is 8.48. The Balaban J connectivity index is 1.87. The van der Waals surface area contributed by atoms with Crippen molar-refractivity contribution in [1.29, 1.82) is 0 Å². The summed E-state index contributed by atoms with van der Waals surface area (Å²) in [5.74, 6) is -0.234. The third kappa shape index (κ3) is 3.88. The topological polar surface area (TPSA) is 82.1 Å². The fourth-order valence-electron chi connectivity index (χ4n) is 3.79. The Morgan fingerprint density at radius 1 is 1.28 bits per heavy atom. The summed E-state index contributed by atoms with van der Waals surface area (Å²) in [5.41, 5.74) is 1.02. The second-order valence-electron chi connectivity index (χ2n) is 6.88. The molecular formula is C21H24FN3O4. The zero-order valence-electron chi connectivity index (χ0n) is 16.4. The fourth-order valence-corrected chi connectivity index (χ4v) is 3.79. The van der Waals surface area contributed by atoms with E-state index in [-0.39, 0.29) is 18.7 Å². The van der Waals surface area contributed by atoms with Crippen LogP contribution in [0.25, 0.3) is 11.1 Å². The van der Waals surface area contributed by atoms with Gasteiger partial charge in [-0.25, -0.2) is 9.18 Å². The highest BCUT2D eigenvalue weighted by Crippen LogP contribution is 2.32. The molecule has 0 bridgehead atoms. The first kappa shape index (κ1) is 20.6. The van der Waals surface area contributed by atoms with Crippen molar-refractivity contribution in [2.75, 3.05) is 38.7 Å². The molecule has 1 unspecified atom stereocenters. The van der Waals surface area contributed by atoms with Crippen LogP contribution in [0.5, 0.6) is 5.75 Å². The van der Waals surface area contributed by atoms with Gasteiger partial charge >= 0.3 is 6.09 Å². The van der Waals surface area contributed by atoms with Crippen LogP contribution in [0.3, 0.4) is 0 Å². The molecule has 1 fully saturated rings. The van der Waals surface area contributed by atoms with Gasteiger partial charge in [0.15, 0.2) is 11.6 Å². The number of carboxylic acid groups (broad SMARTS) is 1. The van der Waals surface area contributed by atoms with E-state index in [1.54, 1.807) is 25.2 Å². The average Bonchev–Trinajstić information content (AvgIpc) is 2.74. The first-order valence-electron chi connectivity index (χ1n) is 9.27. The Bertz CT molecular complexity index is 890. The van der Waals surface area contributed by atoms with Crippen molar-refractivity contribution >= 4 is 18.1 Å². The number of hydrogen-bond donors (Lipinski definition) is 2. The smallest absolute Gasteiger partial charge is 0.408 e. The van der Waals surface area contributed by atoms with Gasteiger partial charge in [0.25, 0.3) is 0 Å². The van der Waals surface area contributed by atoms with E-state index in [9.17, 15) is 19.1 Å². The number of anilines is 1. The molecule has 1 aliphatic rings. The zero-order chi connectivity index (χ0) is 21.0. The van der Waals surface area contributed by atoms with Crippen molar-refractivity contribution < 1.29 is 23.8 Å². The van der Waals surface area contributed by atoms with Crippen molar-refractivity contribution in [2.45, 2.75) is 12.1 Å². The maximum absolute atomic E-state index is 14.5. The Hall–Kier alpha value is -3.13.